The van der Waals surface area contributed by atoms with Crippen LogP contribution in [0.5, 0.6) is 0 Å². The summed E-state index contributed by atoms with van der Waals surface area (Å²) in [5.74, 6) is 0.789. The zero-order chi connectivity index (χ0) is 10.7. The molecule has 84 valence electrons. The molecule has 0 bridgehead atoms. The van der Waals surface area contributed by atoms with E-state index in [1.807, 2.05) is 6.92 Å². The summed E-state index contributed by atoms with van der Waals surface area (Å²) >= 11 is 1.69. The molecule has 1 unspecified atom stereocenters. The van der Waals surface area contributed by atoms with E-state index >= 15 is 0 Å². The van der Waals surface area contributed by atoms with Crippen LogP contribution in [0.15, 0.2) is 5.38 Å². The van der Waals surface area contributed by atoms with E-state index in [-0.39, 0.29) is 6.61 Å². The smallest absolute Gasteiger partial charge is 0.0897 e. The number of aryl methyl sites for hydroxylation is 1. The molecule has 1 atom stereocenters. The molecule has 1 saturated carbocycles. The van der Waals surface area contributed by atoms with Crippen molar-refractivity contribution in [2.75, 3.05) is 6.61 Å². The monoisotopic (exact) mass is 226 g/mol. The Hall–Kier alpha value is -0.450. The molecule has 2 rings (SSSR count). The highest BCUT2D eigenvalue weighted by Gasteiger charge is 2.30. The topological polar surface area (TPSA) is 45.2 Å². The van der Waals surface area contributed by atoms with Crippen molar-refractivity contribution in [3.05, 3.63) is 16.1 Å². The first-order valence-electron chi connectivity index (χ1n) is 5.55. The number of aliphatic hydroxyl groups excluding tert-OH is 1. The molecule has 1 aliphatic rings. The lowest BCUT2D eigenvalue weighted by atomic mass is 10.1. The van der Waals surface area contributed by atoms with Gasteiger partial charge in [0.15, 0.2) is 0 Å². The summed E-state index contributed by atoms with van der Waals surface area (Å²) in [5, 5.41) is 15.7. The number of rotatable bonds is 6. The van der Waals surface area contributed by atoms with Crippen molar-refractivity contribution in [2.24, 2.45) is 5.92 Å². The number of hydrogen-bond acceptors (Lipinski definition) is 4. The minimum Gasteiger partial charge on any atom is -0.396 e. The van der Waals surface area contributed by atoms with E-state index in [2.05, 4.69) is 15.7 Å². The van der Waals surface area contributed by atoms with E-state index in [0.717, 1.165) is 29.6 Å². The number of thiazole rings is 1. The molecule has 4 heteroatoms. The second kappa shape index (κ2) is 5.05. The van der Waals surface area contributed by atoms with Crippen LogP contribution in [0, 0.1) is 12.8 Å². The van der Waals surface area contributed by atoms with Gasteiger partial charge in [0.2, 0.25) is 0 Å². The lowest BCUT2D eigenvalue weighted by Crippen LogP contribution is -2.31. The third kappa shape index (κ3) is 3.26. The molecule has 1 aliphatic carbocycles. The Morgan fingerprint density at radius 2 is 2.47 bits per heavy atom. The van der Waals surface area contributed by atoms with Crippen LogP contribution in [-0.4, -0.2) is 22.7 Å². The van der Waals surface area contributed by atoms with E-state index < -0.39 is 0 Å². The Bertz CT molecular complexity index is 309. The van der Waals surface area contributed by atoms with E-state index in [4.69, 9.17) is 5.11 Å². The zero-order valence-corrected chi connectivity index (χ0v) is 9.89. The molecule has 0 aromatic carbocycles. The normalized spacial score (nSPS) is 18.0. The van der Waals surface area contributed by atoms with Gasteiger partial charge < -0.3 is 10.4 Å². The van der Waals surface area contributed by atoms with Gasteiger partial charge in [-0.05, 0) is 32.1 Å². The maximum absolute atomic E-state index is 8.96. The minimum atomic E-state index is 0.282. The maximum Gasteiger partial charge on any atom is 0.0897 e. The first-order chi connectivity index (χ1) is 7.29. The standard InChI is InChI=1S/C11H18N2OS/c1-8-13-10(7-15-8)6-12-11(4-5-14)9-2-3-9/h7,9,11-12,14H,2-6H2,1H3. The molecule has 1 fully saturated rings. The molecule has 2 N–H and O–H groups in total. The fourth-order valence-electron chi connectivity index (χ4n) is 1.87. The molecule has 15 heavy (non-hydrogen) atoms. The number of aromatic nitrogens is 1. The molecule has 1 aromatic heterocycles. The van der Waals surface area contributed by atoms with Gasteiger partial charge in [-0.3, -0.25) is 0 Å². The summed E-state index contributed by atoms with van der Waals surface area (Å²) in [5.41, 5.74) is 1.13. The van der Waals surface area contributed by atoms with Crippen molar-refractivity contribution >= 4 is 11.3 Å². The van der Waals surface area contributed by atoms with Gasteiger partial charge in [0.05, 0.1) is 10.7 Å². The van der Waals surface area contributed by atoms with Crippen molar-refractivity contribution in [1.29, 1.82) is 0 Å². The molecule has 0 amide bonds. The van der Waals surface area contributed by atoms with Crippen LogP contribution in [-0.2, 0) is 6.54 Å². The Morgan fingerprint density at radius 1 is 1.67 bits per heavy atom. The van der Waals surface area contributed by atoms with Crippen molar-refractivity contribution < 1.29 is 5.11 Å². The molecule has 0 aliphatic heterocycles. The van der Waals surface area contributed by atoms with Gasteiger partial charge in [0, 0.05) is 24.6 Å². The van der Waals surface area contributed by atoms with Crippen LogP contribution >= 0.6 is 11.3 Å². The lowest BCUT2D eigenvalue weighted by Gasteiger charge is -2.15. The molecule has 1 heterocycles. The largest absolute Gasteiger partial charge is 0.396 e. The number of aliphatic hydroxyl groups is 1. The Morgan fingerprint density at radius 3 is 3.00 bits per heavy atom. The first-order valence-corrected chi connectivity index (χ1v) is 6.43. The summed E-state index contributed by atoms with van der Waals surface area (Å²) in [6.07, 6.45) is 3.50. The molecule has 1 aromatic rings. The van der Waals surface area contributed by atoms with Crippen molar-refractivity contribution in [3.8, 4) is 0 Å². The highest BCUT2D eigenvalue weighted by molar-refractivity contribution is 7.09. The summed E-state index contributed by atoms with van der Waals surface area (Å²) in [6, 6.07) is 0.483. The third-order valence-electron chi connectivity index (χ3n) is 2.84. The van der Waals surface area contributed by atoms with Gasteiger partial charge in [0.1, 0.15) is 0 Å². The fourth-order valence-corrected chi connectivity index (χ4v) is 2.48. The molecule has 0 spiro atoms. The van der Waals surface area contributed by atoms with Gasteiger partial charge in [0.25, 0.3) is 0 Å². The second-order valence-corrected chi connectivity index (χ2v) is 5.26. The van der Waals surface area contributed by atoms with Crippen molar-refractivity contribution in [2.45, 2.75) is 38.8 Å². The van der Waals surface area contributed by atoms with E-state index in [1.54, 1.807) is 11.3 Å². The quantitative estimate of drug-likeness (QED) is 0.776. The predicted octanol–water partition coefficient (Wildman–Crippen LogP) is 1.70. The molecule has 0 radical (unpaired) electrons. The first kappa shape index (κ1) is 11.0. The van der Waals surface area contributed by atoms with E-state index in [0.29, 0.717) is 6.04 Å². The summed E-state index contributed by atoms with van der Waals surface area (Å²) in [4.78, 5) is 4.42. The number of nitrogens with one attached hydrogen (secondary N) is 1. The van der Waals surface area contributed by atoms with Crippen LogP contribution in [0.3, 0.4) is 0 Å². The van der Waals surface area contributed by atoms with Gasteiger partial charge in [-0.15, -0.1) is 11.3 Å². The summed E-state index contributed by atoms with van der Waals surface area (Å²) in [6.45, 7) is 3.15. The van der Waals surface area contributed by atoms with E-state index in [1.165, 1.54) is 12.8 Å². The summed E-state index contributed by atoms with van der Waals surface area (Å²) < 4.78 is 0. The number of hydrogen-bond donors (Lipinski definition) is 2. The zero-order valence-electron chi connectivity index (χ0n) is 9.07. The van der Waals surface area contributed by atoms with E-state index in [9.17, 15) is 0 Å². The van der Waals surface area contributed by atoms with Crippen LogP contribution < -0.4 is 5.32 Å². The van der Waals surface area contributed by atoms with Gasteiger partial charge in [-0.2, -0.15) is 0 Å². The minimum absolute atomic E-state index is 0.282. The highest BCUT2D eigenvalue weighted by atomic mass is 32.1. The van der Waals surface area contributed by atoms with Crippen LogP contribution in [0.4, 0.5) is 0 Å². The van der Waals surface area contributed by atoms with Crippen LogP contribution in [0.2, 0.25) is 0 Å². The van der Waals surface area contributed by atoms with Crippen molar-refractivity contribution in [3.63, 3.8) is 0 Å². The number of nitrogens with zero attached hydrogens (tertiary/aromatic N) is 1. The Balaban J connectivity index is 1.79. The third-order valence-corrected chi connectivity index (χ3v) is 3.67. The molecule has 3 nitrogen and oxygen atoms in total. The van der Waals surface area contributed by atoms with Gasteiger partial charge >= 0.3 is 0 Å². The molecular formula is C11H18N2OS. The Kier molecular flexibility index (Phi) is 3.72. The fraction of sp³-hybridized carbons (Fsp3) is 0.727. The van der Waals surface area contributed by atoms with Crippen LogP contribution in [0.1, 0.15) is 30.0 Å². The average molecular weight is 226 g/mol. The van der Waals surface area contributed by atoms with Gasteiger partial charge in [-0.25, -0.2) is 4.98 Å². The molecular weight excluding hydrogens is 208 g/mol. The lowest BCUT2D eigenvalue weighted by molar-refractivity contribution is 0.255. The van der Waals surface area contributed by atoms with Gasteiger partial charge in [-0.1, -0.05) is 0 Å². The van der Waals surface area contributed by atoms with Crippen LogP contribution in [0.25, 0.3) is 0 Å². The predicted molar refractivity (Wildman–Crippen MR) is 61.9 cm³/mol. The molecule has 0 saturated heterocycles. The second-order valence-electron chi connectivity index (χ2n) is 4.19. The highest BCUT2D eigenvalue weighted by Crippen LogP contribution is 2.34. The maximum atomic E-state index is 8.96. The SMILES string of the molecule is Cc1nc(CNC(CCO)C2CC2)cs1. The average Bonchev–Trinajstić information content (AvgIpc) is 2.97. The van der Waals surface area contributed by atoms with Crippen molar-refractivity contribution in [1.82, 2.24) is 10.3 Å². The summed E-state index contributed by atoms with van der Waals surface area (Å²) in [7, 11) is 0. The Labute approximate surface area is 94.5 Å².